The monoisotopic (exact) mass is 512 g/mol. The molecule has 0 spiro atoms. The highest BCUT2D eigenvalue weighted by Gasteiger charge is 2.38. The fourth-order valence-corrected chi connectivity index (χ4v) is 7.12. The number of benzene rings is 1. The predicted octanol–water partition coefficient (Wildman–Crippen LogP) is 5.93. The third-order valence-corrected chi connectivity index (χ3v) is 8.94. The molecule has 2 aromatic heterocycles. The van der Waals surface area contributed by atoms with Crippen LogP contribution in [-0.2, 0) is 25.7 Å². The van der Waals surface area contributed by atoms with Crippen LogP contribution in [0.4, 0.5) is 19.0 Å². The fraction of sp³-hybridized carbons (Fsp3) is 0.500. The number of aryl methyl sites for hydroxylation is 1. The number of allylic oxidation sites excluding steroid dienone is 1. The van der Waals surface area contributed by atoms with Crippen molar-refractivity contribution in [1.82, 2.24) is 14.9 Å². The minimum Gasteiger partial charge on any atom is -0.355 e. The molecule has 2 saturated heterocycles. The van der Waals surface area contributed by atoms with Gasteiger partial charge in [-0.05, 0) is 60.4 Å². The lowest BCUT2D eigenvalue weighted by atomic mass is 9.88. The van der Waals surface area contributed by atoms with E-state index in [1.807, 2.05) is 6.92 Å². The lowest BCUT2D eigenvalue weighted by Gasteiger charge is -2.34. The molecule has 3 aromatic rings. The number of rotatable bonds is 6. The lowest BCUT2D eigenvalue weighted by Crippen LogP contribution is -2.40. The summed E-state index contributed by atoms with van der Waals surface area (Å²) >= 11 is 1.15. The Morgan fingerprint density at radius 3 is 2.78 bits per heavy atom. The van der Waals surface area contributed by atoms with Gasteiger partial charge in [-0.25, -0.2) is 9.97 Å². The van der Waals surface area contributed by atoms with E-state index in [0.29, 0.717) is 33.8 Å². The van der Waals surface area contributed by atoms with Crippen LogP contribution in [0, 0.1) is 11.8 Å². The number of hydrogen-bond donors (Lipinski definition) is 0. The van der Waals surface area contributed by atoms with Crippen LogP contribution in [0.2, 0.25) is 0 Å². The number of aromatic nitrogens is 2. The van der Waals surface area contributed by atoms with E-state index in [2.05, 4.69) is 45.1 Å². The van der Waals surface area contributed by atoms with E-state index in [1.54, 1.807) is 6.07 Å². The molecule has 8 heteroatoms. The van der Waals surface area contributed by atoms with Crippen LogP contribution < -0.4 is 4.90 Å². The van der Waals surface area contributed by atoms with Crippen molar-refractivity contribution >= 4 is 33.4 Å². The van der Waals surface area contributed by atoms with Crippen LogP contribution in [0.5, 0.6) is 0 Å². The van der Waals surface area contributed by atoms with Crippen LogP contribution >= 0.6 is 11.3 Å². The fourth-order valence-electron chi connectivity index (χ4n) is 6.04. The van der Waals surface area contributed by atoms with Crippen molar-refractivity contribution in [2.45, 2.75) is 45.2 Å². The van der Waals surface area contributed by atoms with E-state index in [1.165, 1.54) is 16.7 Å². The molecule has 0 N–H and O–H groups in total. The summed E-state index contributed by atoms with van der Waals surface area (Å²) in [5.41, 5.74) is 4.19. The van der Waals surface area contributed by atoms with Crippen molar-refractivity contribution < 1.29 is 13.2 Å². The Kier molecular flexibility index (Phi) is 6.28. The summed E-state index contributed by atoms with van der Waals surface area (Å²) in [4.78, 5) is 15.3. The van der Waals surface area contributed by atoms with Crippen molar-refractivity contribution in [3.05, 3.63) is 57.7 Å². The van der Waals surface area contributed by atoms with E-state index in [0.717, 1.165) is 74.5 Å². The quantitative estimate of drug-likeness (QED) is 0.410. The molecule has 36 heavy (non-hydrogen) atoms. The molecule has 6 rings (SSSR count). The summed E-state index contributed by atoms with van der Waals surface area (Å²) in [6.07, 6.45) is 3.27. The van der Waals surface area contributed by atoms with Gasteiger partial charge in [0.25, 0.3) is 0 Å². The molecule has 0 radical (unpaired) electrons. The van der Waals surface area contributed by atoms with Gasteiger partial charge in [0.2, 0.25) is 0 Å². The first-order chi connectivity index (χ1) is 17.3. The number of piperidine rings is 1. The zero-order valence-electron chi connectivity index (χ0n) is 20.5. The average Bonchev–Trinajstić information content (AvgIpc) is 3.57. The smallest absolute Gasteiger partial charge is 0.355 e. The minimum absolute atomic E-state index is 0.311. The Bertz CT molecular complexity index is 1300. The Labute approximate surface area is 213 Å². The molecule has 4 heterocycles. The molecule has 1 aliphatic carbocycles. The molecule has 0 bridgehead atoms. The summed E-state index contributed by atoms with van der Waals surface area (Å²) in [6.45, 7) is 7.07. The highest BCUT2D eigenvalue weighted by molar-refractivity contribution is 7.18. The highest BCUT2D eigenvalue weighted by Crippen LogP contribution is 2.39. The molecule has 2 unspecified atom stereocenters. The van der Waals surface area contributed by atoms with E-state index in [9.17, 15) is 13.2 Å². The minimum atomic E-state index is -4.22. The van der Waals surface area contributed by atoms with Gasteiger partial charge in [0.1, 0.15) is 16.5 Å². The molecule has 2 aliphatic heterocycles. The maximum absolute atomic E-state index is 13.0. The number of hydrogen-bond acceptors (Lipinski definition) is 5. The summed E-state index contributed by atoms with van der Waals surface area (Å²) in [5, 5.41) is 0.776. The van der Waals surface area contributed by atoms with Crippen molar-refractivity contribution in [1.29, 1.82) is 0 Å². The van der Waals surface area contributed by atoms with Gasteiger partial charge in [0.15, 0.2) is 0 Å². The molecule has 2 fully saturated rings. The van der Waals surface area contributed by atoms with Gasteiger partial charge in [0.05, 0.1) is 11.8 Å². The Balaban J connectivity index is 1.15. The summed E-state index contributed by atoms with van der Waals surface area (Å²) in [6, 6.07) is 8.55. The predicted molar refractivity (Wildman–Crippen MR) is 140 cm³/mol. The number of thiophene rings is 1. The van der Waals surface area contributed by atoms with Crippen molar-refractivity contribution in [2.75, 3.05) is 37.6 Å². The molecule has 0 amide bonds. The largest absolute Gasteiger partial charge is 0.393 e. The van der Waals surface area contributed by atoms with Crippen LogP contribution in [0.1, 0.15) is 40.7 Å². The molecule has 190 valence electrons. The summed E-state index contributed by atoms with van der Waals surface area (Å²) in [7, 11) is 0. The molecular formula is C28H31F3N4S. The molecule has 2 atom stereocenters. The first kappa shape index (κ1) is 23.9. The third kappa shape index (κ3) is 4.90. The van der Waals surface area contributed by atoms with Crippen LogP contribution in [-0.4, -0.2) is 53.8 Å². The highest BCUT2D eigenvalue weighted by atomic mass is 32.1. The zero-order chi connectivity index (χ0) is 24.9. The van der Waals surface area contributed by atoms with Gasteiger partial charge in [-0.15, -0.1) is 11.3 Å². The van der Waals surface area contributed by atoms with Crippen LogP contribution in [0.3, 0.4) is 0 Å². The first-order valence-corrected chi connectivity index (χ1v) is 13.8. The van der Waals surface area contributed by atoms with Crippen LogP contribution in [0.25, 0.3) is 16.3 Å². The Hall–Kier alpha value is -2.45. The molecule has 4 nitrogen and oxygen atoms in total. The van der Waals surface area contributed by atoms with Gasteiger partial charge in [0, 0.05) is 37.5 Å². The van der Waals surface area contributed by atoms with Gasteiger partial charge >= 0.3 is 6.18 Å². The number of anilines is 1. The van der Waals surface area contributed by atoms with E-state index < -0.39 is 12.6 Å². The van der Waals surface area contributed by atoms with E-state index >= 15 is 0 Å². The third-order valence-electron chi connectivity index (χ3n) is 7.91. The molecular weight excluding hydrogens is 481 g/mol. The number of halogens is 3. The SMILES string of the molecule is CCc1nc(N2CC3CCN(CCc4ccc5c(c4)C=CC5)CC3C2)c2cc(CC(F)(F)F)sc2n1. The second-order valence-corrected chi connectivity index (χ2v) is 11.6. The summed E-state index contributed by atoms with van der Waals surface area (Å²) < 4.78 is 39.1. The van der Waals surface area contributed by atoms with Gasteiger partial charge in [-0.1, -0.05) is 37.3 Å². The maximum Gasteiger partial charge on any atom is 0.393 e. The first-order valence-electron chi connectivity index (χ1n) is 13.0. The second kappa shape index (κ2) is 9.45. The number of nitrogens with zero attached hydrogens (tertiary/aromatic N) is 4. The zero-order valence-corrected chi connectivity index (χ0v) is 21.3. The molecule has 0 saturated carbocycles. The van der Waals surface area contributed by atoms with E-state index in [-0.39, 0.29) is 0 Å². The van der Waals surface area contributed by atoms with Gasteiger partial charge in [-0.3, -0.25) is 0 Å². The van der Waals surface area contributed by atoms with E-state index in [4.69, 9.17) is 4.98 Å². The Morgan fingerprint density at radius 1 is 1.08 bits per heavy atom. The topological polar surface area (TPSA) is 32.3 Å². The normalized spacial score (nSPS) is 21.9. The van der Waals surface area contributed by atoms with Gasteiger partial charge in [-0.2, -0.15) is 13.2 Å². The lowest BCUT2D eigenvalue weighted by molar-refractivity contribution is -0.126. The average molecular weight is 513 g/mol. The summed E-state index contributed by atoms with van der Waals surface area (Å²) in [5.74, 6) is 2.70. The maximum atomic E-state index is 13.0. The standard InChI is InChI=1S/C28H31F3N4S/c1-2-25-32-26(24-13-23(14-28(29,30)31)36-27(24)33-25)35-16-21-9-11-34(15-22(21)17-35)10-8-18-6-7-19-4-3-5-20(19)12-18/h3,5-7,12-13,21-22H,2,4,8-11,14-17H2,1H3. The van der Waals surface area contributed by atoms with Crippen molar-refractivity contribution in [3.8, 4) is 0 Å². The number of alkyl halides is 3. The van der Waals surface area contributed by atoms with Gasteiger partial charge < -0.3 is 9.80 Å². The Morgan fingerprint density at radius 2 is 1.94 bits per heavy atom. The number of likely N-dealkylation sites (tertiary alicyclic amines) is 1. The molecule has 1 aromatic carbocycles. The van der Waals surface area contributed by atoms with Crippen LogP contribution in [0.15, 0.2) is 30.3 Å². The molecule has 3 aliphatic rings. The number of fused-ring (bicyclic) bond motifs is 3. The van der Waals surface area contributed by atoms with Crippen molar-refractivity contribution in [3.63, 3.8) is 0 Å². The van der Waals surface area contributed by atoms with Crippen molar-refractivity contribution in [2.24, 2.45) is 11.8 Å². The second-order valence-electron chi connectivity index (χ2n) is 10.4.